The van der Waals surface area contributed by atoms with Gasteiger partial charge in [0.15, 0.2) is 10.6 Å². The number of amides is 1. The number of hydrogen-bond donors (Lipinski definition) is 0. The fraction of sp³-hybridized carbons (Fsp3) is 0.438. The number of rotatable bonds is 3. The van der Waals surface area contributed by atoms with Gasteiger partial charge in [0.2, 0.25) is 5.91 Å². The highest BCUT2D eigenvalue weighted by Crippen LogP contribution is 2.20. The molecule has 0 radical (unpaired) electrons. The van der Waals surface area contributed by atoms with Crippen molar-refractivity contribution in [2.45, 2.75) is 13.6 Å². The normalized spacial score (nSPS) is 15.7. The molecule has 1 aliphatic rings. The SMILES string of the molecule is CC(=O)N1CCN(Cn2nc(-c3ccccc3F)n(C)c2=S)CC1. The Kier molecular flexibility index (Phi) is 4.77. The zero-order chi connectivity index (χ0) is 17.3. The van der Waals surface area contributed by atoms with Crippen molar-refractivity contribution in [2.75, 3.05) is 26.2 Å². The van der Waals surface area contributed by atoms with Crippen LogP contribution in [0.1, 0.15) is 6.92 Å². The van der Waals surface area contributed by atoms with E-state index in [0.717, 1.165) is 13.1 Å². The summed E-state index contributed by atoms with van der Waals surface area (Å²) < 4.78 is 18.0. The number of piperazine rings is 1. The van der Waals surface area contributed by atoms with E-state index in [2.05, 4.69) is 10.00 Å². The Morgan fingerprint density at radius 3 is 2.54 bits per heavy atom. The molecular formula is C16H20FN5OS. The highest BCUT2D eigenvalue weighted by molar-refractivity contribution is 7.71. The Labute approximate surface area is 145 Å². The second kappa shape index (κ2) is 6.82. The lowest BCUT2D eigenvalue weighted by Gasteiger charge is -2.33. The molecule has 1 fully saturated rings. The van der Waals surface area contributed by atoms with Gasteiger partial charge in [-0.25, -0.2) is 9.07 Å². The summed E-state index contributed by atoms with van der Waals surface area (Å²) in [5, 5.41) is 4.50. The molecule has 0 aliphatic carbocycles. The molecule has 1 amide bonds. The van der Waals surface area contributed by atoms with Crippen LogP contribution in [0.4, 0.5) is 4.39 Å². The van der Waals surface area contributed by atoms with Gasteiger partial charge in [-0.1, -0.05) is 12.1 Å². The number of carbonyl (C=O) groups is 1. The van der Waals surface area contributed by atoms with Crippen LogP contribution < -0.4 is 0 Å². The predicted octanol–water partition coefficient (Wildman–Crippen LogP) is 1.88. The molecule has 1 aliphatic heterocycles. The lowest BCUT2D eigenvalue weighted by molar-refractivity contribution is -0.130. The lowest BCUT2D eigenvalue weighted by Crippen LogP contribution is -2.48. The van der Waals surface area contributed by atoms with Crippen LogP contribution in [-0.2, 0) is 18.5 Å². The molecule has 2 aromatic rings. The Morgan fingerprint density at radius 1 is 1.25 bits per heavy atom. The molecule has 1 aromatic heterocycles. The fourth-order valence-corrected chi connectivity index (χ4v) is 3.04. The third-order valence-corrected chi connectivity index (χ3v) is 4.79. The zero-order valence-electron chi connectivity index (χ0n) is 13.8. The van der Waals surface area contributed by atoms with Crippen LogP contribution in [0.5, 0.6) is 0 Å². The first kappa shape index (κ1) is 16.8. The van der Waals surface area contributed by atoms with Gasteiger partial charge in [0.1, 0.15) is 5.82 Å². The van der Waals surface area contributed by atoms with Crippen LogP contribution >= 0.6 is 12.2 Å². The maximum atomic E-state index is 14.0. The van der Waals surface area contributed by atoms with Crippen molar-refractivity contribution in [3.8, 4) is 11.4 Å². The number of nitrogens with zero attached hydrogens (tertiary/aromatic N) is 5. The van der Waals surface area contributed by atoms with E-state index >= 15 is 0 Å². The summed E-state index contributed by atoms with van der Waals surface area (Å²) in [5.41, 5.74) is 0.436. The summed E-state index contributed by atoms with van der Waals surface area (Å²) >= 11 is 5.44. The van der Waals surface area contributed by atoms with Crippen LogP contribution in [0.15, 0.2) is 24.3 Å². The standard InChI is InChI=1S/C16H20FN5OS/c1-12(23)21-9-7-20(8-10-21)11-22-16(24)19(2)15(18-22)13-5-3-4-6-14(13)17/h3-6H,7-11H2,1-2H3. The molecule has 6 nitrogen and oxygen atoms in total. The van der Waals surface area contributed by atoms with Gasteiger partial charge < -0.3 is 9.47 Å². The quantitative estimate of drug-likeness (QED) is 0.794. The molecule has 24 heavy (non-hydrogen) atoms. The highest BCUT2D eigenvalue weighted by atomic mass is 32.1. The Balaban J connectivity index is 1.79. The molecule has 1 saturated heterocycles. The molecule has 0 N–H and O–H groups in total. The van der Waals surface area contributed by atoms with Gasteiger partial charge in [-0.2, -0.15) is 5.10 Å². The molecule has 0 saturated carbocycles. The average molecular weight is 349 g/mol. The number of hydrogen-bond acceptors (Lipinski definition) is 4. The zero-order valence-corrected chi connectivity index (χ0v) is 14.6. The first-order valence-corrected chi connectivity index (χ1v) is 8.25. The number of halogens is 1. The number of aromatic nitrogens is 3. The largest absolute Gasteiger partial charge is 0.340 e. The maximum Gasteiger partial charge on any atom is 0.219 e. The minimum atomic E-state index is -0.317. The second-order valence-corrected chi connectivity index (χ2v) is 6.28. The van der Waals surface area contributed by atoms with Crippen LogP contribution in [0, 0.1) is 10.6 Å². The molecule has 0 spiro atoms. The van der Waals surface area contributed by atoms with E-state index in [1.54, 1.807) is 41.4 Å². The fourth-order valence-electron chi connectivity index (χ4n) is 2.85. The molecule has 128 valence electrons. The van der Waals surface area contributed by atoms with Crippen molar-refractivity contribution in [2.24, 2.45) is 7.05 Å². The van der Waals surface area contributed by atoms with E-state index in [1.807, 2.05) is 4.90 Å². The summed E-state index contributed by atoms with van der Waals surface area (Å²) in [5.74, 6) is 0.300. The van der Waals surface area contributed by atoms with Gasteiger partial charge >= 0.3 is 0 Å². The Bertz CT molecular complexity index is 807. The predicted molar refractivity (Wildman–Crippen MR) is 91.3 cm³/mol. The minimum absolute atomic E-state index is 0.103. The summed E-state index contributed by atoms with van der Waals surface area (Å²) in [6.07, 6.45) is 0. The van der Waals surface area contributed by atoms with Crippen molar-refractivity contribution in [1.29, 1.82) is 0 Å². The van der Waals surface area contributed by atoms with Gasteiger partial charge in [0.05, 0.1) is 12.2 Å². The molecule has 0 unspecified atom stereocenters. The third kappa shape index (κ3) is 3.25. The van der Waals surface area contributed by atoms with Crippen molar-refractivity contribution in [3.05, 3.63) is 34.9 Å². The third-order valence-electron chi connectivity index (χ3n) is 4.31. The van der Waals surface area contributed by atoms with Crippen LogP contribution in [0.3, 0.4) is 0 Å². The van der Waals surface area contributed by atoms with Crippen LogP contribution in [0.2, 0.25) is 0 Å². The second-order valence-electron chi connectivity index (χ2n) is 5.91. The van der Waals surface area contributed by atoms with E-state index in [4.69, 9.17) is 12.2 Å². The van der Waals surface area contributed by atoms with Gasteiger partial charge in [-0.05, 0) is 24.4 Å². The van der Waals surface area contributed by atoms with Crippen molar-refractivity contribution < 1.29 is 9.18 Å². The first-order chi connectivity index (χ1) is 11.5. The Hall–Kier alpha value is -2.06. The summed E-state index contributed by atoms with van der Waals surface area (Å²) in [6.45, 7) is 5.07. The molecule has 0 bridgehead atoms. The molecular weight excluding hydrogens is 329 g/mol. The summed E-state index contributed by atoms with van der Waals surface area (Å²) in [4.78, 5) is 15.4. The molecule has 1 aromatic carbocycles. The number of carbonyl (C=O) groups excluding carboxylic acids is 1. The topological polar surface area (TPSA) is 46.3 Å². The van der Waals surface area contributed by atoms with Gasteiger partial charge in [0.25, 0.3) is 0 Å². The van der Waals surface area contributed by atoms with E-state index in [-0.39, 0.29) is 11.7 Å². The smallest absolute Gasteiger partial charge is 0.219 e. The highest BCUT2D eigenvalue weighted by Gasteiger charge is 2.20. The van der Waals surface area contributed by atoms with Crippen LogP contribution in [-0.4, -0.2) is 56.2 Å². The lowest BCUT2D eigenvalue weighted by atomic mass is 10.2. The monoisotopic (exact) mass is 349 g/mol. The summed E-state index contributed by atoms with van der Waals surface area (Å²) in [7, 11) is 1.79. The van der Waals surface area contributed by atoms with E-state index in [0.29, 0.717) is 35.9 Å². The average Bonchev–Trinajstić information content (AvgIpc) is 2.84. The van der Waals surface area contributed by atoms with E-state index in [1.165, 1.54) is 6.07 Å². The Morgan fingerprint density at radius 2 is 1.92 bits per heavy atom. The van der Waals surface area contributed by atoms with Crippen LogP contribution in [0.25, 0.3) is 11.4 Å². The number of benzene rings is 1. The first-order valence-electron chi connectivity index (χ1n) is 7.84. The van der Waals surface area contributed by atoms with E-state index < -0.39 is 0 Å². The maximum absolute atomic E-state index is 14.0. The minimum Gasteiger partial charge on any atom is -0.340 e. The van der Waals surface area contributed by atoms with Crippen molar-refractivity contribution in [3.63, 3.8) is 0 Å². The van der Waals surface area contributed by atoms with Crippen molar-refractivity contribution >= 4 is 18.1 Å². The summed E-state index contributed by atoms with van der Waals surface area (Å²) in [6, 6.07) is 6.54. The molecule has 0 atom stereocenters. The molecule has 2 heterocycles. The van der Waals surface area contributed by atoms with E-state index in [9.17, 15) is 9.18 Å². The molecule has 8 heteroatoms. The van der Waals surface area contributed by atoms with Gasteiger partial charge in [-0.3, -0.25) is 9.69 Å². The molecule has 3 rings (SSSR count). The van der Waals surface area contributed by atoms with Gasteiger partial charge in [0, 0.05) is 40.2 Å². The van der Waals surface area contributed by atoms with Gasteiger partial charge in [-0.15, -0.1) is 0 Å². The van der Waals surface area contributed by atoms with Crippen molar-refractivity contribution in [1.82, 2.24) is 24.1 Å².